The summed E-state index contributed by atoms with van der Waals surface area (Å²) in [5.41, 5.74) is 1.50. The Kier molecular flexibility index (Phi) is 4.18. The summed E-state index contributed by atoms with van der Waals surface area (Å²) in [5, 5.41) is 7.32. The van der Waals surface area contributed by atoms with E-state index in [9.17, 15) is 0 Å². The molecule has 0 spiro atoms. The molecule has 1 aromatic carbocycles. The number of fused-ring (bicyclic) bond motifs is 1. The molecule has 0 radical (unpaired) electrons. The summed E-state index contributed by atoms with van der Waals surface area (Å²) < 4.78 is 11.5. The first-order valence-electron chi connectivity index (χ1n) is 9.67. The van der Waals surface area contributed by atoms with Gasteiger partial charge in [0.2, 0.25) is 0 Å². The van der Waals surface area contributed by atoms with Gasteiger partial charge < -0.3 is 20.1 Å². The number of nitrogens with one attached hydrogen (secondary N) is 2. The summed E-state index contributed by atoms with van der Waals surface area (Å²) in [6.07, 6.45) is 2.61. The Morgan fingerprint density at radius 2 is 2.00 bits per heavy atom. The van der Waals surface area contributed by atoms with Crippen LogP contribution < -0.4 is 15.4 Å². The summed E-state index contributed by atoms with van der Waals surface area (Å²) in [6, 6.07) is 9.10. The molecule has 4 rings (SSSR count). The van der Waals surface area contributed by atoms with E-state index in [4.69, 9.17) is 9.47 Å². The minimum atomic E-state index is 0.0817. The van der Waals surface area contributed by atoms with E-state index in [2.05, 4.69) is 48.5 Å². The SMILES string of the molecule is CN=C(NC1CC1(C)c1ccccc1OC)NC1C2CCOC2C1(C)C. The van der Waals surface area contributed by atoms with Crippen LogP contribution in [0.25, 0.3) is 0 Å². The Morgan fingerprint density at radius 1 is 1.23 bits per heavy atom. The molecule has 0 amide bonds. The zero-order valence-corrected chi connectivity index (χ0v) is 16.5. The van der Waals surface area contributed by atoms with Crippen molar-refractivity contribution in [1.82, 2.24) is 10.6 Å². The molecule has 2 saturated carbocycles. The van der Waals surface area contributed by atoms with Crippen LogP contribution in [0.5, 0.6) is 5.75 Å². The first kappa shape index (κ1) is 17.7. The molecule has 2 N–H and O–H groups in total. The molecule has 5 nitrogen and oxygen atoms in total. The van der Waals surface area contributed by atoms with E-state index in [1.54, 1.807) is 7.11 Å². The van der Waals surface area contributed by atoms with Gasteiger partial charge in [-0.15, -0.1) is 0 Å². The monoisotopic (exact) mass is 357 g/mol. The Balaban J connectivity index is 1.43. The summed E-state index contributed by atoms with van der Waals surface area (Å²) in [4.78, 5) is 4.49. The lowest BCUT2D eigenvalue weighted by atomic mass is 9.57. The van der Waals surface area contributed by atoms with Crippen LogP contribution >= 0.6 is 0 Å². The Bertz CT molecular complexity index is 717. The Morgan fingerprint density at radius 3 is 2.73 bits per heavy atom. The number of rotatable bonds is 4. The van der Waals surface area contributed by atoms with Crippen LogP contribution in [0, 0.1) is 11.3 Å². The quantitative estimate of drug-likeness (QED) is 0.643. The fourth-order valence-electron chi connectivity index (χ4n) is 5.09. The van der Waals surface area contributed by atoms with Gasteiger partial charge in [-0.3, -0.25) is 4.99 Å². The lowest BCUT2D eigenvalue weighted by Crippen LogP contribution is -2.68. The molecule has 3 aliphatic rings. The van der Waals surface area contributed by atoms with Crippen molar-refractivity contribution < 1.29 is 9.47 Å². The highest BCUT2D eigenvalue weighted by molar-refractivity contribution is 5.81. The van der Waals surface area contributed by atoms with Gasteiger partial charge in [0, 0.05) is 48.0 Å². The highest BCUT2D eigenvalue weighted by Crippen LogP contribution is 2.53. The molecule has 1 saturated heterocycles. The maximum Gasteiger partial charge on any atom is 0.191 e. The normalized spacial score (nSPS) is 37.5. The predicted molar refractivity (Wildman–Crippen MR) is 104 cm³/mol. The zero-order valence-electron chi connectivity index (χ0n) is 16.5. The maximum absolute atomic E-state index is 5.91. The van der Waals surface area contributed by atoms with E-state index >= 15 is 0 Å². The van der Waals surface area contributed by atoms with E-state index in [-0.39, 0.29) is 10.8 Å². The van der Waals surface area contributed by atoms with E-state index in [0.29, 0.717) is 24.1 Å². The van der Waals surface area contributed by atoms with Crippen LogP contribution in [-0.2, 0) is 10.2 Å². The lowest BCUT2D eigenvalue weighted by Gasteiger charge is -2.55. The summed E-state index contributed by atoms with van der Waals surface area (Å²) in [7, 11) is 3.60. The summed E-state index contributed by atoms with van der Waals surface area (Å²) >= 11 is 0. The predicted octanol–water partition coefficient (Wildman–Crippen LogP) is 2.70. The van der Waals surface area contributed by atoms with Crippen molar-refractivity contribution in [2.24, 2.45) is 16.3 Å². The molecule has 26 heavy (non-hydrogen) atoms. The van der Waals surface area contributed by atoms with Crippen LogP contribution in [0.3, 0.4) is 0 Å². The van der Waals surface area contributed by atoms with Crippen molar-refractivity contribution in [2.45, 2.75) is 57.2 Å². The van der Waals surface area contributed by atoms with Crippen LogP contribution in [0.2, 0.25) is 0 Å². The molecule has 1 aliphatic heterocycles. The van der Waals surface area contributed by atoms with Crippen LogP contribution in [0.15, 0.2) is 29.3 Å². The highest BCUT2D eigenvalue weighted by Gasteiger charge is 2.60. The third kappa shape index (κ3) is 2.59. The third-order valence-electron chi connectivity index (χ3n) is 6.89. The number of benzene rings is 1. The molecule has 5 unspecified atom stereocenters. The van der Waals surface area contributed by atoms with Crippen molar-refractivity contribution in [2.75, 3.05) is 20.8 Å². The average Bonchev–Trinajstić information content (AvgIpc) is 3.07. The molecule has 2 aliphatic carbocycles. The largest absolute Gasteiger partial charge is 0.496 e. The van der Waals surface area contributed by atoms with Gasteiger partial charge in [-0.25, -0.2) is 0 Å². The Labute approximate surface area is 156 Å². The molecular formula is C21H31N3O2. The standard InChI is InChI=1S/C21H31N3O2/c1-20(2)17(13-10-11-26-18(13)20)24-19(22-4)23-16-12-21(16,3)14-8-6-7-9-15(14)25-5/h6-9,13,16-18H,10-12H2,1-5H3,(H2,22,23,24). The topological polar surface area (TPSA) is 54.9 Å². The van der Waals surface area contributed by atoms with Gasteiger partial charge in [0.05, 0.1) is 13.2 Å². The van der Waals surface area contributed by atoms with E-state index in [0.717, 1.165) is 31.2 Å². The van der Waals surface area contributed by atoms with E-state index in [1.165, 1.54) is 5.56 Å². The molecule has 5 atom stereocenters. The van der Waals surface area contributed by atoms with Gasteiger partial charge in [-0.2, -0.15) is 0 Å². The minimum Gasteiger partial charge on any atom is -0.496 e. The van der Waals surface area contributed by atoms with Crippen LogP contribution in [0.1, 0.15) is 39.2 Å². The molecule has 1 heterocycles. The second kappa shape index (κ2) is 6.15. The molecule has 3 fully saturated rings. The molecule has 0 aromatic heterocycles. The third-order valence-corrected chi connectivity index (χ3v) is 6.89. The van der Waals surface area contributed by atoms with Gasteiger partial charge in [0.25, 0.3) is 0 Å². The first-order valence-corrected chi connectivity index (χ1v) is 9.67. The van der Waals surface area contributed by atoms with Gasteiger partial charge in [0.1, 0.15) is 5.75 Å². The number of hydrogen-bond donors (Lipinski definition) is 2. The smallest absolute Gasteiger partial charge is 0.191 e. The maximum atomic E-state index is 5.91. The number of methoxy groups -OCH3 is 1. The van der Waals surface area contributed by atoms with Crippen molar-refractivity contribution >= 4 is 5.96 Å². The van der Waals surface area contributed by atoms with Crippen molar-refractivity contribution in [3.05, 3.63) is 29.8 Å². The molecule has 5 heteroatoms. The Hall–Kier alpha value is -1.75. The average molecular weight is 357 g/mol. The van der Waals surface area contributed by atoms with Gasteiger partial charge in [-0.05, 0) is 18.9 Å². The van der Waals surface area contributed by atoms with Crippen molar-refractivity contribution in [3.63, 3.8) is 0 Å². The number of para-hydroxylation sites is 1. The first-order chi connectivity index (χ1) is 12.4. The zero-order chi connectivity index (χ0) is 18.5. The molecule has 142 valence electrons. The van der Waals surface area contributed by atoms with Crippen LogP contribution in [0.4, 0.5) is 0 Å². The molecular weight excluding hydrogens is 326 g/mol. The highest BCUT2D eigenvalue weighted by atomic mass is 16.5. The number of guanidine groups is 1. The second-order valence-corrected chi connectivity index (χ2v) is 8.78. The second-order valence-electron chi connectivity index (χ2n) is 8.78. The number of nitrogens with zero attached hydrogens (tertiary/aromatic N) is 1. The minimum absolute atomic E-state index is 0.0817. The van der Waals surface area contributed by atoms with E-state index < -0.39 is 0 Å². The summed E-state index contributed by atoms with van der Waals surface area (Å²) in [5.74, 6) is 2.47. The van der Waals surface area contributed by atoms with E-state index in [1.807, 2.05) is 19.2 Å². The number of hydrogen-bond acceptors (Lipinski definition) is 3. The fraction of sp³-hybridized carbons (Fsp3) is 0.667. The van der Waals surface area contributed by atoms with Crippen molar-refractivity contribution in [3.8, 4) is 5.75 Å². The molecule has 1 aromatic rings. The van der Waals surface area contributed by atoms with Gasteiger partial charge in [-0.1, -0.05) is 39.0 Å². The number of aliphatic imine (C=N–C) groups is 1. The summed E-state index contributed by atoms with van der Waals surface area (Å²) in [6.45, 7) is 7.77. The van der Waals surface area contributed by atoms with Gasteiger partial charge in [0.15, 0.2) is 5.96 Å². The van der Waals surface area contributed by atoms with Crippen LogP contribution in [-0.4, -0.2) is 44.9 Å². The lowest BCUT2D eigenvalue weighted by molar-refractivity contribution is -0.106. The number of ether oxygens (including phenoxy) is 2. The fourth-order valence-corrected chi connectivity index (χ4v) is 5.09. The molecule has 0 bridgehead atoms. The van der Waals surface area contributed by atoms with Gasteiger partial charge >= 0.3 is 0 Å². The van der Waals surface area contributed by atoms with Crippen molar-refractivity contribution in [1.29, 1.82) is 0 Å².